The fourth-order valence-corrected chi connectivity index (χ4v) is 4.24. The summed E-state index contributed by atoms with van der Waals surface area (Å²) in [5, 5.41) is 0. The summed E-state index contributed by atoms with van der Waals surface area (Å²) in [5.74, 6) is -1.43. The van der Waals surface area contributed by atoms with Gasteiger partial charge in [0.2, 0.25) is 0 Å². The van der Waals surface area contributed by atoms with Gasteiger partial charge in [-0.2, -0.15) is 0 Å². The van der Waals surface area contributed by atoms with Gasteiger partial charge in [0.1, 0.15) is 33.0 Å². The zero-order chi connectivity index (χ0) is 38.6. The largest absolute Gasteiger partial charge is 0.508 e. The van der Waals surface area contributed by atoms with E-state index >= 15 is 0 Å². The summed E-state index contributed by atoms with van der Waals surface area (Å²) in [6.07, 6.45) is -4.37. The summed E-state index contributed by atoms with van der Waals surface area (Å²) in [7, 11) is 0. The first-order valence-corrected chi connectivity index (χ1v) is 17.3. The van der Waals surface area contributed by atoms with Gasteiger partial charge in [-0.3, -0.25) is 14.4 Å². The number of benzene rings is 3. The second-order valence-corrected chi connectivity index (χ2v) is 11.4. The quantitative estimate of drug-likeness (QED) is 0.0589. The molecular formula is C39H44O15. The molecule has 0 N–H and O–H groups in total. The van der Waals surface area contributed by atoms with E-state index in [-0.39, 0.29) is 78.2 Å². The fraction of sp³-hybridized carbons (Fsp3) is 0.385. The highest BCUT2D eigenvalue weighted by atomic mass is 16.8. The molecule has 3 aromatic rings. The van der Waals surface area contributed by atoms with Crippen molar-refractivity contribution in [1.29, 1.82) is 0 Å². The summed E-state index contributed by atoms with van der Waals surface area (Å²) < 4.78 is 45.6. The molecular weight excluding hydrogens is 708 g/mol. The van der Waals surface area contributed by atoms with Crippen LogP contribution < -0.4 is 0 Å². The van der Waals surface area contributed by atoms with Crippen LogP contribution in [0.5, 0.6) is 0 Å². The van der Waals surface area contributed by atoms with E-state index in [1.807, 2.05) is 91.0 Å². The molecule has 0 saturated carbocycles. The Morgan fingerprint density at radius 2 is 0.704 bits per heavy atom. The first-order valence-electron chi connectivity index (χ1n) is 17.3. The third-order valence-corrected chi connectivity index (χ3v) is 7.00. The van der Waals surface area contributed by atoms with E-state index < -0.39 is 55.7 Å². The molecule has 0 heterocycles. The van der Waals surface area contributed by atoms with Crippen LogP contribution in [0.2, 0.25) is 0 Å². The van der Waals surface area contributed by atoms with Crippen molar-refractivity contribution in [3.8, 4) is 0 Å². The lowest BCUT2D eigenvalue weighted by atomic mass is 10.2. The van der Waals surface area contributed by atoms with Crippen LogP contribution in [0.25, 0.3) is 0 Å². The normalized spacial score (nSPS) is 10.4. The van der Waals surface area contributed by atoms with Gasteiger partial charge in [0.15, 0.2) is 6.10 Å². The van der Waals surface area contributed by atoms with Gasteiger partial charge in [-0.15, -0.1) is 0 Å². The van der Waals surface area contributed by atoms with E-state index in [1.165, 1.54) is 0 Å². The number of ether oxygens (including phenoxy) is 9. The van der Waals surface area contributed by atoms with Crippen molar-refractivity contribution in [1.82, 2.24) is 0 Å². The third kappa shape index (κ3) is 20.1. The van der Waals surface area contributed by atoms with E-state index in [2.05, 4.69) is 0 Å². The maximum atomic E-state index is 12.3. The maximum absolute atomic E-state index is 12.3. The number of carbonyl (C=O) groups excluding carboxylic acids is 6. The van der Waals surface area contributed by atoms with Crippen LogP contribution >= 0.6 is 0 Å². The van der Waals surface area contributed by atoms with Crippen molar-refractivity contribution in [3.05, 3.63) is 108 Å². The zero-order valence-corrected chi connectivity index (χ0v) is 29.8. The maximum Gasteiger partial charge on any atom is 0.508 e. The Morgan fingerprint density at radius 1 is 0.389 bits per heavy atom. The van der Waals surface area contributed by atoms with Gasteiger partial charge in [0, 0.05) is 19.3 Å². The third-order valence-electron chi connectivity index (χ3n) is 7.00. The lowest BCUT2D eigenvalue weighted by Gasteiger charge is -2.17. The minimum atomic E-state index is -1.34. The molecule has 0 atom stereocenters. The van der Waals surface area contributed by atoms with Gasteiger partial charge in [0.05, 0.1) is 19.8 Å². The minimum Gasteiger partial charge on any atom is -0.461 e. The molecule has 3 rings (SSSR count). The summed E-state index contributed by atoms with van der Waals surface area (Å²) in [6, 6.07) is 27.4. The average Bonchev–Trinajstić information content (AvgIpc) is 3.19. The highest BCUT2D eigenvalue weighted by Gasteiger charge is 2.22. The molecule has 0 unspecified atom stereocenters. The van der Waals surface area contributed by atoms with E-state index in [9.17, 15) is 28.8 Å². The van der Waals surface area contributed by atoms with E-state index in [1.54, 1.807) is 0 Å². The second-order valence-electron chi connectivity index (χ2n) is 11.4. The Kier molecular flexibility index (Phi) is 20.2. The lowest BCUT2D eigenvalue weighted by molar-refractivity contribution is -0.146. The highest BCUT2D eigenvalue weighted by molar-refractivity contribution is 5.70. The topological polar surface area (TPSA) is 185 Å². The number of hydrogen-bond acceptors (Lipinski definition) is 15. The van der Waals surface area contributed by atoms with Crippen molar-refractivity contribution in [2.24, 2.45) is 0 Å². The molecule has 0 aliphatic heterocycles. The Labute approximate surface area is 312 Å². The van der Waals surface area contributed by atoms with Crippen molar-refractivity contribution >= 4 is 36.4 Å². The molecule has 0 radical (unpaired) electrons. The molecule has 3 aromatic carbocycles. The lowest BCUT2D eigenvalue weighted by Crippen LogP contribution is -2.31. The monoisotopic (exact) mass is 752 g/mol. The molecule has 0 aromatic heterocycles. The van der Waals surface area contributed by atoms with Gasteiger partial charge in [0.25, 0.3) is 0 Å². The molecule has 0 bridgehead atoms. The molecule has 15 heteroatoms. The van der Waals surface area contributed by atoms with Crippen molar-refractivity contribution in [2.75, 3.05) is 33.0 Å². The van der Waals surface area contributed by atoms with Gasteiger partial charge in [-0.1, -0.05) is 91.0 Å². The predicted molar refractivity (Wildman–Crippen MR) is 187 cm³/mol. The Morgan fingerprint density at radius 3 is 1.04 bits per heavy atom. The van der Waals surface area contributed by atoms with Crippen molar-refractivity contribution in [2.45, 2.75) is 64.4 Å². The van der Waals surface area contributed by atoms with Crippen molar-refractivity contribution in [3.63, 3.8) is 0 Å². The fourth-order valence-electron chi connectivity index (χ4n) is 4.24. The standard InChI is InChI=1S/C39H44O15/c40-34(49-25-30-13-4-1-5-14-30)19-10-22-46-37(43)52-28-33(54-39(45)48-24-12-21-36(42)51-27-32-17-8-3-9-18-32)29-53-38(44)47-23-11-20-35(41)50-26-31-15-6-2-7-16-31/h1-9,13-18,33H,10-12,19-29H2. The van der Waals surface area contributed by atoms with E-state index in [4.69, 9.17) is 42.6 Å². The molecule has 0 aliphatic rings. The molecule has 54 heavy (non-hydrogen) atoms. The van der Waals surface area contributed by atoms with Crippen LogP contribution in [-0.4, -0.2) is 75.5 Å². The molecule has 290 valence electrons. The van der Waals surface area contributed by atoms with Crippen LogP contribution in [0.1, 0.15) is 55.2 Å². The van der Waals surface area contributed by atoms with Crippen LogP contribution in [0.15, 0.2) is 91.0 Å². The molecule has 0 aliphatic carbocycles. The molecule has 0 fully saturated rings. The molecule has 0 saturated heterocycles. The molecule has 15 nitrogen and oxygen atoms in total. The summed E-state index contributed by atoms with van der Waals surface area (Å²) in [6.45, 7) is -1.37. The van der Waals surface area contributed by atoms with Gasteiger partial charge in [-0.25, -0.2) is 14.4 Å². The minimum absolute atomic E-state index is 0.00668. The molecule has 0 amide bonds. The zero-order valence-electron chi connectivity index (χ0n) is 29.8. The number of rotatable bonds is 23. The Balaban J connectivity index is 1.34. The number of esters is 3. The number of carbonyl (C=O) groups is 6. The van der Waals surface area contributed by atoms with Gasteiger partial charge >= 0.3 is 36.4 Å². The average molecular weight is 753 g/mol. The number of hydrogen-bond donors (Lipinski definition) is 0. The van der Waals surface area contributed by atoms with Crippen LogP contribution in [0.3, 0.4) is 0 Å². The van der Waals surface area contributed by atoms with E-state index in [0.29, 0.717) is 0 Å². The first-order chi connectivity index (χ1) is 26.3. The Bertz CT molecular complexity index is 1490. The van der Waals surface area contributed by atoms with Gasteiger partial charge < -0.3 is 42.6 Å². The smallest absolute Gasteiger partial charge is 0.461 e. The predicted octanol–water partition coefficient (Wildman–Crippen LogP) is 6.39. The first kappa shape index (κ1) is 42.3. The SMILES string of the molecule is O=C(CCCOC(=O)OCC(COC(=O)OCCCC(=O)OCc1ccccc1)OC(=O)OCCCC(=O)OCc1ccccc1)OCc1ccccc1. The van der Waals surface area contributed by atoms with Crippen molar-refractivity contribution < 1.29 is 71.4 Å². The second kappa shape index (κ2) is 25.8. The molecule has 0 spiro atoms. The van der Waals surface area contributed by atoms with E-state index in [0.717, 1.165) is 16.7 Å². The van der Waals surface area contributed by atoms with Crippen LogP contribution in [0, 0.1) is 0 Å². The summed E-state index contributed by atoms with van der Waals surface area (Å²) >= 11 is 0. The summed E-state index contributed by atoms with van der Waals surface area (Å²) in [4.78, 5) is 72.6. The summed E-state index contributed by atoms with van der Waals surface area (Å²) in [5.41, 5.74) is 2.49. The Hall–Kier alpha value is -6.12. The van der Waals surface area contributed by atoms with Crippen LogP contribution in [-0.2, 0) is 76.8 Å². The van der Waals surface area contributed by atoms with Gasteiger partial charge in [-0.05, 0) is 36.0 Å². The van der Waals surface area contributed by atoms with Crippen LogP contribution in [0.4, 0.5) is 14.4 Å². The highest BCUT2D eigenvalue weighted by Crippen LogP contribution is 2.08.